The first kappa shape index (κ1) is 26.1. The summed E-state index contributed by atoms with van der Waals surface area (Å²) in [5.41, 5.74) is -0.671. The molecule has 1 fully saturated rings. The molecular formula is C26H21F6N3O2. The van der Waals surface area contributed by atoms with Crippen LogP contribution in [0.5, 0.6) is 0 Å². The van der Waals surface area contributed by atoms with Gasteiger partial charge in [0.1, 0.15) is 6.04 Å². The van der Waals surface area contributed by atoms with Crippen LogP contribution >= 0.6 is 0 Å². The van der Waals surface area contributed by atoms with Crippen molar-refractivity contribution in [2.75, 3.05) is 16.8 Å². The highest BCUT2D eigenvalue weighted by Crippen LogP contribution is 2.37. The maximum Gasteiger partial charge on any atom is 0.417 e. The first-order valence-electron chi connectivity index (χ1n) is 11.3. The van der Waals surface area contributed by atoms with Crippen molar-refractivity contribution < 1.29 is 35.9 Å². The SMILES string of the molecule is O=C(Nc1ccc(C(F)(F)F)cc1)N[C@@H]1CCCN(c2ccc(-c3ccccc3C(F)(F)F)cc2)C1=O. The Balaban J connectivity index is 1.43. The Morgan fingerprint density at radius 3 is 2.11 bits per heavy atom. The van der Waals surface area contributed by atoms with Crippen LogP contribution in [0.15, 0.2) is 72.8 Å². The van der Waals surface area contributed by atoms with Gasteiger partial charge in [-0.05, 0) is 66.4 Å². The molecule has 1 saturated heterocycles. The van der Waals surface area contributed by atoms with Crippen LogP contribution in [0.4, 0.5) is 42.5 Å². The summed E-state index contributed by atoms with van der Waals surface area (Å²) in [5, 5.41) is 4.94. The molecule has 0 aliphatic carbocycles. The summed E-state index contributed by atoms with van der Waals surface area (Å²) in [5.74, 6) is -0.405. The van der Waals surface area contributed by atoms with Crippen LogP contribution in [0.2, 0.25) is 0 Å². The fourth-order valence-corrected chi connectivity index (χ4v) is 4.14. The van der Waals surface area contributed by atoms with E-state index in [0.717, 1.165) is 30.3 Å². The predicted octanol–water partition coefficient (Wildman–Crippen LogP) is 6.71. The molecule has 0 bridgehead atoms. The maximum absolute atomic E-state index is 13.4. The summed E-state index contributed by atoms with van der Waals surface area (Å²) >= 11 is 0. The second-order valence-electron chi connectivity index (χ2n) is 8.45. The zero-order valence-electron chi connectivity index (χ0n) is 19.2. The van der Waals surface area contributed by atoms with E-state index in [0.29, 0.717) is 30.6 Å². The second kappa shape index (κ2) is 10.2. The van der Waals surface area contributed by atoms with E-state index >= 15 is 0 Å². The third kappa shape index (κ3) is 6.04. The number of carbonyl (C=O) groups excluding carboxylic acids is 2. The van der Waals surface area contributed by atoms with Gasteiger partial charge in [0.15, 0.2) is 0 Å². The van der Waals surface area contributed by atoms with Crippen molar-refractivity contribution in [3.8, 4) is 11.1 Å². The molecule has 4 rings (SSSR count). The normalized spacial score (nSPS) is 16.4. The van der Waals surface area contributed by atoms with Gasteiger partial charge in [-0.1, -0.05) is 30.3 Å². The molecule has 1 atom stereocenters. The highest BCUT2D eigenvalue weighted by atomic mass is 19.4. The van der Waals surface area contributed by atoms with E-state index in [1.807, 2.05) is 0 Å². The average molecular weight is 521 g/mol. The zero-order chi connectivity index (χ0) is 26.8. The van der Waals surface area contributed by atoms with Crippen LogP contribution in [0.3, 0.4) is 0 Å². The summed E-state index contributed by atoms with van der Waals surface area (Å²) < 4.78 is 78.2. The second-order valence-corrected chi connectivity index (χ2v) is 8.45. The van der Waals surface area contributed by atoms with E-state index < -0.39 is 41.5 Å². The van der Waals surface area contributed by atoms with Gasteiger partial charge in [0, 0.05) is 17.9 Å². The monoisotopic (exact) mass is 521 g/mol. The van der Waals surface area contributed by atoms with Gasteiger partial charge in [0.2, 0.25) is 5.91 Å². The van der Waals surface area contributed by atoms with Crippen molar-refractivity contribution in [1.82, 2.24) is 5.32 Å². The fourth-order valence-electron chi connectivity index (χ4n) is 4.14. The number of halogens is 6. The molecule has 5 nitrogen and oxygen atoms in total. The van der Waals surface area contributed by atoms with E-state index in [-0.39, 0.29) is 11.3 Å². The maximum atomic E-state index is 13.4. The van der Waals surface area contributed by atoms with Gasteiger partial charge in [0.25, 0.3) is 0 Å². The van der Waals surface area contributed by atoms with Crippen LogP contribution in [0, 0.1) is 0 Å². The fraction of sp³-hybridized carbons (Fsp3) is 0.231. The lowest BCUT2D eigenvalue weighted by Crippen LogP contribution is -2.53. The summed E-state index contributed by atoms with van der Waals surface area (Å²) in [6.45, 7) is 0.357. The van der Waals surface area contributed by atoms with E-state index in [1.165, 1.54) is 35.2 Å². The molecule has 37 heavy (non-hydrogen) atoms. The minimum Gasteiger partial charge on any atom is -0.326 e. The highest BCUT2D eigenvalue weighted by Gasteiger charge is 2.34. The van der Waals surface area contributed by atoms with Crippen LogP contribution < -0.4 is 15.5 Å². The highest BCUT2D eigenvalue weighted by molar-refractivity contribution is 6.01. The number of alkyl halides is 6. The van der Waals surface area contributed by atoms with Crippen LogP contribution in [0.1, 0.15) is 24.0 Å². The molecule has 0 saturated carbocycles. The number of benzene rings is 3. The van der Waals surface area contributed by atoms with Crippen molar-refractivity contribution in [1.29, 1.82) is 0 Å². The first-order chi connectivity index (χ1) is 17.4. The summed E-state index contributed by atoms with van der Waals surface area (Å²) in [7, 11) is 0. The molecule has 0 unspecified atom stereocenters. The molecule has 1 heterocycles. The van der Waals surface area contributed by atoms with Crippen molar-refractivity contribution in [2.45, 2.75) is 31.2 Å². The minimum absolute atomic E-state index is 0.0194. The number of carbonyl (C=O) groups is 2. The Kier molecular flexibility index (Phi) is 7.15. The molecule has 0 radical (unpaired) electrons. The van der Waals surface area contributed by atoms with E-state index in [1.54, 1.807) is 12.1 Å². The van der Waals surface area contributed by atoms with Crippen LogP contribution in [-0.2, 0) is 17.1 Å². The number of urea groups is 1. The number of hydrogen-bond acceptors (Lipinski definition) is 2. The number of rotatable bonds is 4. The zero-order valence-corrected chi connectivity index (χ0v) is 19.2. The molecule has 0 spiro atoms. The van der Waals surface area contributed by atoms with Crippen molar-refractivity contribution in [3.63, 3.8) is 0 Å². The Bertz CT molecular complexity index is 1270. The minimum atomic E-state index is -4.52. The molecule has 3 amide bonds. The first-order valence-corrected chi connectivity index (χ1v) is 11.3. The number of amides is 3. The van der Waals surface area contributed by atoms with Crippen LogP contribution in [-0.4, -0.2) is 24.5 Å². The third-order valence-corrected chi connectivity index (χ3v) is 5.94. The van der Waals surface area contributed by atoms with Gasteiger partial charge in [-0.15, -0.1) is 0 Å². The largest absolute Gasteiger partial charge is 0.417 e. The molecule has 3 aromatic carbocycles. The number of nitrogens with one attached hydrogen (secondary N) is 2. The molecule has 1 aliphatic heterocycles. The topological polar surface area (TPSA) is 61.4 Å². The summed E-state index contributed by atoms with van der Waals surface area (Å²) in [4.78, 5) is 26.8. The third-order valence-electron chi connectivity index (χ3n) is 5.94. The smallest absolute Gasteiger partial charge is 0.326 e. The van der Waals surface area contributed by atoms with Crippen LogP contribution in [0.25, 0.3) is 11.1 Å². The Labute approximate surface area is 208 Å². The Morgan fingerprint density at radius 1 is 0.838 bits per heavy atom. The number of piperidine rings is 1. The van der Waals surface area contributed by atoms with E-state index in [2.05, 4.69) is 10.6 Å². The molecule has 1 aliphatic rings. The number of nitrogens with zero attached hydrogens (tertiary/aromatic N) is 1. The van der Waals surface area contributed by atoms with Gasteiger partial charge in [-0.2, -0.15) is 26.3 Å². The average Bonchev–Trinajstić information content (AvgIpc) is 2.85. The van der Waals surface area contributed by atoms with Crippen molar-refractivity contribution in [2.24, 2.45) is 0 Å². The lowest BCUT2D eigenvalue weighted by Gasteiger charge is -2.32. The summed E-state index contributed by atoms with van der Waals surface area (Å²) in [6, 6.07) is 13.5. The van der Waals surface area contributed by atoms with E-state index in [9.17, 15) is 35.9 Å². The van der Waals surface area contributed by atoms with Gasteiger partial charge in [0.05, 0.1) is 11.1 Å². The number of anilines is 2. The lowest BCUT2D eigenvalue weighted by molar-refractivity contribution is -0.138. The Hall–Kier alpha value is -4.02. The summed E-state index contributed by atoms with van der Waals surface area (Å²) in [6.07, 6.45) is -8.11. The standard InChI is InChI=1S/C26H21F6N3O2/c27-25(28,29)17-9-11-18(12-10-17)33-24(37)34-22-6-3-15-35(23(22)36)19-13-7-16(8-14-19)20-4-1-2-5-21(20)26(30,31)32/h1-2,4-5,7-14,22H,3,6,15H2,(H2,33,34,37)/t22-/m1/s1. The van der Waals surface area contributed by atoms with Gasteiger partial charge < -0.3 is 15.5 Å². The molecular weight excluding hydrogens is 500 g/mol. The van der Waals surface area contributed by atoms with Crippen molar-refractivity contribution in [3.05, 3.63) is 83.9 Å². The molecule has 11 heteroatoms. The van der Waals surface area contributed by atoms with E-state index in [4.69, 9.17) is 0 Å². The molecule has 0 aromatic heterocycles. The molecule has 3 aromatic rings. The van der Waals surface area contributed by atoms with Gasteiger partial charge >= 0.3 is 18.4 Å². The Morgan fingerprint density at radius 2 is 1.49 bits per heavy atom. The quantitative estimate of drug-likeness (QED) is 0.375. The van der Waals surface area contributed by atoms with Gasteiger partial charge in [-0.25, -0.2) is 4.79 Å². The number of hydrogen-bond donors (Lipinski definition) is 2. The lowest BCUT2D eigenvalue weighted by atomic mass is 9.98. The molecule has 2 N–H and O–H groups in total. The van der Waals surface area contributed by atoms with Gasteiger partial charge in [-0.3, -0.25) is 4.79 Å². The molecule has 194 valence electrons. The predicted molar refractivity (Wildman–Crippen MR) is 126 cm³/mol. The van der Waals surface area contributed by atoms with Crippen molar-refractivity contribution >= 4 is 23.3 Å².